The molecule has 0 rings (SSSR count). The lowest BCUT2D eigenvalue weighted by atomic mass is 9.88. The Labute approximate surface area is 67.6 Å². The van der Waals surface area contributed by atoms with Gasteiger partial charge in [0.1, 0.15) is 0 Å². The maximum Gasteiger partial charge on any atom is 0.373 e. The lowest BCUT2D eigenvalue weighted by Gasteiger charge is -2.05. The van der Waals surface area contributed by atoms with Crippen molar-refractivity contribution in [2.24, 2.45) is 0 Å². The van der Waals surface area contributed by atoms with Crippen LogP contribution < -0.4 is 5.23 Å². The van der Waals surface area contributed by atoms with Crippen LogP contribution in [0.3, 0.4) is 0 Å². The minimum Gasteiger partial charge on any atom is -0.437 e. The second-order valence-corrected chi connectivity index (χ2v) is 2.57. The molecule has 0 aliphatic heterocycles. The van der Waals surface area contributed by atoms with Crippen LogP contribution in [-0.4, -0.2) is 18.6 Å². The summed E-state index contributed by atoms with van der Waals surface area (Å²) in [7, 11) is -0.568. The van der Waals surface area contributed by atoms with Crippen molar-refractivity contribution in [2.45, 2.75) is 26.6 Å². The Morgan fingerprint density at radius 1 is 1.73 bits per heavy atom. The summed E-state index contributed by atoms with van der Waals surface area (Å²) in [6.07, 6.45) is 2.28. The third kappa shape index (κ3) is 6.07. The second kappa shape index (κ2) is 6.37. The molecule has 0 fully saturated rings. The first-order valence-corrected chi connectivity index (χ1v) is 3.90. The predicted molar refractivity (Wildman–Crippen MR) is 45.9 cm³/mol. The highest BCUT2D eigenvalue weighted by Gasteiger charge is 2.02. The minimum absolute atomic E-state index is 0.433. The second-order valence-electron chi connectivity index (χ2n) is 2.57. The Balaban J connectivity index is 3.53. The van der Waals surface area contributed by atoms with E-state index >= 15 is 0 Å². The number of hydrogen-bond acceptors (Lipinski definition) is 2. The van der Waals surface area contributed by atoms with E-state index in [0.29, 0.717) is 18.4 Å². The van der Waals surface area contributed by atoms with Crippen molar-refractivity contribution in [1.29, 1.82) is 0 Å². The fraction of sp³-hybridized carbons (Fsp3) is 0.714. The van der Waals surface area contributed by atoms with Gasteiger partial charge in [0.05, 0.1) is 6.33 Å². The number of rotatable bonds is 5. The summed E-state index contributed by atoms with van der Waals surface area (Å²) < 4.78 is 12.0. The molecular weight excluding hydrogens is 144 g/mol. The van der Waals surface area contributed by atoms with Gasteiger partial charge in [-0.25, -0.2) is 4.39 Å². The highest BCUT2D eigenvalue weighted by molar-refractivity contribution is 6.45. The van der Waals surface area contributed by atoms with Gasteiger partial charge in [0, 0.05) is 6.54 Å². The van der Waals surface area contributed by atoms with Crippen LogP contribution in [0.1, 0.15) is 19.8 Å². The third-order valence-electron chi connectivity index (χ3n) is 1.35. The molecule has 4 heteroatoms. The zero-order chi connectivity index (χ0) is 8.69. The Kier molecular flexibility index (Phi) is 6.17. The Hall–Kier alpha value is -0.345. The molecular formula is C7H15BFNO. The van der Waals surface area contributed by atoms with E-state index in [1.54, 1.807) is 6.82 Å². The number of hydrogen-bond donors (Lipinski definition) is 2. The highest BCUT2D eigenvalue weighted by atomic mass is 19.1. The molecule has 0 amide bonds. The Bertz CT molecular complexity index is 128. The molecule has 2 N–H and O–H groups in total. The lowest BCUT2D eigenvalue weighted by Crippen LogP contribution is -2.32. The standard InChI is InChI=1S/C7H15BFNO/c1-3-4-7(5-9)6-10-8(2)11/h5,10-11H,3-4,6H2,1-2H3. The van der Waals surface area contributed by atoms with Crippen molar-refractivity contribution < 1.29 is 9.41 Å². The van der Waals surface area contributed by atoms with Gasteiger partial charge in [0.15, 0.2) is 0 Å². The molecule has 64 valence electrons. The fourth-order valence-electron chi connectivity index (χ4n) is 0.781. The summed E-state index contributed by atoms with van der Waals surface area (Å²) in [5.74, 6) is 0. The van der Waals surface area contributed by atoms with E-state index in [0.717, 1.165) is 12.8 Å². The normalized spacial score (nSPS) is 11.8. The van der Waals surface area contributed by atoms with E-state index in [-0.39, 0.29) is 0 Å². The van der Waals surface area contributed by atoms with Crippen LogP contribution in [0.25, 0.3) is 0 Å². The summed E-state index contributed by atoms with van der Waals surface area (Å²) >= 11 is 0. The van der Waals surface area contributed by atoms with Gasteiger partial charge in [-0.3, -0.25) is 0 Å². The molecule has 0 aliphatic carbocycles. The minimum atomic E-state index is -0.568. The lowest BCUT2D eigenvalue weighted by molar-refractivity contribution is 0.556. The molecule has 11 heavy (non-hydrogen) atoms. The van der Waals surface area contributed by atoms with Crippen LogP contribution in [0.15, 0.2) is 11.9 Å². The largest absolute Gasteiger partial charge is 0.437 e. The molecule has 0 atom stereocenters. The average molecular weight is 159 g/mol. The Morgan fingerprint density at radius 2 is 2.36 bits per heavy atom. The van der Waals surface area contributed by atoms with E-state index < -0.39 is 7.05 Å². The maximum atomic E-state index is 12.0. The summed E-state index contributed by atoms with van der Waals surface area (Å²) in [5, 5.41) is 11.5. The molecule has 0 spiro atoms. The van der Waals surface area contributed by atoms with Crippen LogP contribution in [-0.2, 0) is 0 Å². The van der Waals surface area contributed by atoms with Gasteiger partial charge in [-0.15, -0.1) is 0 Å². The van der Waals surface area contributed by atoms with Crippen molar-refractivity contribution in [3.05, 3.63) is 11.9 Å². The summed E-state index contributed by atoms with van der Waals surface area (Å²) in [6, 6.07) is 0. The predicted octanol–water partition coefficient (Wildman–Crippen LogP) is 1.34. The van der Waals surface area contributed by atoms with Gasteiger partial charge >= 0.3 is 7.05 Å². The van der Waals surface area contributed by atoms with E-state index in [4.69, 9.17) is 5.02 Å². The van der Waals surface area contributed by atoms with Gasteiger partial charge in [-0.05, 0) is 18.8 Å². The summed E-state index contributed by atoms with van der Waals surface area (Å²) in [4.78, 5) is 0. The van der Waals surface area contributed by atoms with Crippen molar-refractivity contribution in [3.8, 4) is 0 Å². The van der Waals surface area contributed by atoms with E-state index in [2.05, 4.69) is 5.23 Å². The molecule has 0 saturated carbocycles. The highest BCUT2D eigenvalue weighted by Crippen LogP contribution is 2.03. The van der Waals surface area contributed by atoms with Crippen LogP contribution in [0, 0.1) is 0 Å². The molecule has 0 bridgehead atoms. The summed E-state index contributed by atoms with van der Waals surface area (Å²) in [5.41, 5.74) is 0.702. The van der Waals surface area contributed by atoms with Crippen LogP contribution in [0.2, 0.25) is 6.82 Å². The molecule has 0 aromatic heterocycles. The first-order valence-electron chi connectivity index (χ1n) is 3.90. The molecule has 0 aromatic carbocycles. The number of nitrogens with one attached hydrogen (secondary N) is 1. The monoisotopic (exact) mass is 159 g/mol. The first-order chi connectivity index (χ1) is 5.20. The third-order valence-corrected chi connectivity index (χ3v) is 1.35. The van der Waals surface area contributed by atoms with Crippen LogP contribution in [0.4, 0.5) is 4.39 Å². The van der Waals surface area contributed by atoms with Crippen molar-refractivity contribution >= 4 is 7.05 Å². The Morgan fingerprint density at radius 3 is 2.73 bits per heavy atom. The molecule has 0 aromatic rings. The van der Waals surface area contributed by atoms with Gasteiger partial charge in [-0.2, -0.15) is 0 Å². The van der Waals surface area contributed by atoms with Crippen molar-refractivity contribution in [1.82, 2.24) is 5.23 Å². The average Bonchev–Trinajstić information content (AvgIpc) is 1.97. The fourth-order valence-corrected chi connectivity index (χ4v) is 0.781. The topological polar surface area (TPSA) is 32.3 Å². The summed E-state index contributed by atoms with van der Waals surface area (Å²) in [6.45, 7) is 4.04. The van der Waals surface area contributed by atoms with Crippen molar-refractivity contribution in [2.75, 3.05) is 6.54 Å². The molecule has 0 unspecified atom stereocenters. The number of halogens is 1. The van der Waals surface area contributed by atoms with E-state index in [9.17, 15) is 4.39 Å². The first kappa shape index (κ1) is 10.7. The van der Waals surface area contributed by atoms with Crippen LogP contribution >= 0.6 is 0 Å². The van der Waals surface area contributed by atoms with E-state index in [1.165, 1.54) is 0 Å². The molecule has 0 radical (unpaired) electrons. The van der Waals surface area contributed by atoms with Gasteiger partial charge in [0.25, 0.3) is 0 Å². The SMILES string of the molecule is CCCC(=CF)CNB(C)O. The zero-order valence-corrected chi connectivity index (χ0v) is 7.10. The smallest absolute Gasteiger partial charge is 0.373 e. The molecule has 0 aliphatic rings. The quantitative estimate of drug-likeness (QED) is 0.593. The van der Waals surface area contributed by atoms with Gasteiger partial charge in [0.2, 0.25) is 0 Å². The van der Waals surface area contributed by atoms with E-state index in [1.807, 2.05) is 6.92 Å². The maximum absolute atomic E-state index is 12.0. The van der Waals surface area contributed by atoms with Gasteiger partial charge < -0.3 is 10.3 Å². The van der Waals surface area contributed by atoms with Gasteiger partial charge in [-0.1, -0.05) is 13.3 Å². The molecule has 0 heterocycles. The molecule has 0 saturated heterocycles. The zero-order valence-electron chi connectivity index (χ0n) is 7.10. The van der Waals surface area contributed by atoms with Crippen LogP contribution in [0.5, 0.6) is 0 Å². The molecule has 2 nitrogen and oxygen atoms in total. The van der Waals surface area contributed by atoms with Crippen molar-refractivity contribution in [3.63, 3.8) is 0 Å².